The first-order chi connectivity index (χ1) is 11.9. The van der Waals surface area contributed by atoms with Crippen molar-refractivity contribution in [1.82, 2.24) is 10.2 Å². The van der Waals surface area contributed by atoms with E-state index in [1.807, 2.05) is 41.8 Å². The molecule has 7 heteroatoms. The quantitative estimate of drug-likeness (QED) is 0.649. The van der Waals surface area contributed by atoms with Crippen molar-refractivity contribution in [2.24, 2.45) is 0 Å². The van der Waals surface area contributed by atoms with Gasteiger partial charge < -0.3 is 9.73 Å². The van der Waals surface area contributed by atoms with Crippen LogP contribution in [0.4, 0.5) is 5.69 Å². The van der Waals surface area contributed by atoms with Crippen LogP contribution in [0.1, 0.15) is 26.3 Å². The zero-order valence-electron chi connectivity index (χ0n) is 14.3. The highest BCUT2D eigenvalue weighted by molar-refractivity contribution is 7.99. The minimum Gasteiger partial charge on any atom is -0.410 e. The van der Waals surface area contributed by atoms with Crippen molar-refractivity contribution in [2.45, 2.75) is 31.4 Å². The number of amides is 1. The number of aromatic nitrogens is 2. The molecule has 130 valence electrons. The van der Waals surface area contributed by atoms with Crippen LogP contribution in [0, 0.1) is 0 Å². The van der Waals surface area contributed by atoms with Gasteiger partial charge in [-0.2, -0.15) is 0 Å². The lowest BCUT2D eigenvalue weighted by Gasteiger charge is -2.22. The predicted molar refractivity (Wildman–Crippen MR) is 102 cm³/mol. The smallest absolute Gasteiger partial charge is 0.277 e. The number of hydrogen-bond donors (Lipinski definition) is 1. The lowest BCUT2D eigenvalue weighted by Crippen LogP contribution is -2.19. The maximum atomic E-state index is 12.3. The van der Waals surface area contributed by atoms with E-state index in [0.29, 0.717) is 11.1 Å². The summed E-state index contributed by atoms with van der Waals surface area (Å²) in [5.41, 5.74) is 1.90. The minimum atomic E-state index is -0.0995. The highest BCUT2D eigenvalue weighted by Gasteiger charge is 2.19. The normalized spacial score (nSPS) is 11.5. The van der Waals surface area contributed by atoms with Crippen molar-refractivity contribution >= 4 is 34.7 Å². The average Bonchev–Trinajstić information content (AvgIpc) is 3.24. The van der Waals surface area contributed by atoms with E-state index in [9.17, 15) is 4.79 Å². The van der Waals surface area contributed by atoms with Gasteiger partial charge >= 0.3 is 0 Å². The molecule has 3 aromatic rings. The summed E-state index contributed by atoms with van der Waals surface area (Å²) in [6.45, 7) is 6.37. The predicted octanol–water partition coefficient (Wildman–Crippen LogP) is 4.83. The summed E-state index contributed by atoms with van der Waals surface area (Å²) in [5.74, 6) is 0.596. The second-order valence-electron chi connectivity index (χ2n) is 6.48. The first kappa shape index (κ1) is 17.7. The molecule has 25 heavy (non-hydrogen) atoms. The number of rotatable bonds is 5. The molecule has 0 aliphatic carbocycles. The van der Waals surface area contributed by atoms with E-state index in [0.717, 1.165) is 16.1 Å². The van der Waals surface area contributed by atoms with E-state index in [-0.39, 0.29) is 17.1 Å². The Morgan fingerprint density at radius 1 is 1.20 bits per heavy atom. The van der Waals surface area contributed by atoms with Gasteiger partial charge in [0.05, 0.1) is 10.6 Å². The molecule has 0 unspecified atom stereocenters. The van der Waals surface area contributed by atoms with E-state index >= 15 is 0 Å². The van der Waals surface area contributed by atoms with Gasteiger partial charge in [-0.1, -0.05) is 56.8 Å². The molecule has 0 aliphatic heterocycles. The van der Waals surface area contributed by atoms with Crippen molar-refractivity contribution in [1.29, 1.82) is 0 Å². The third kappa shape index (κ3) is 4.49. The summed E-state index contributed by atoms with van der Waals surface area (Å²) in [6, 6.07) is 11.7. The topological polar surface area (TPSA) is 68.0 Å². The molecule has 0 radical (unpaired) electrons. The Morgan fingerprint density at radius 3 is 2.72 bits per heavy atom. The fourth-order valence-corrected chi connectivity index (χ4v) is 3.53. The molecule has 0 saturated carbocycles. The number of thioether (sulfide) groups is 1. The molecule has 0 saturated heterocycles. The summed E-state index contributed by atoms with van der Waals surface area (Å²) < 4.78 is 5.58. The number of nitrogens with zero attached hydrogens (tertiary/aromatic N) is 2. The van der Waals surface area contributed by atoms with Gasteiger partial charge in [0, 0.05) is 5.69 Å². The van der Waals surface area contributed by atoms with E-state index in [2.05, 4.69) is 36.3 Å². The van der Waals surface area contributed by atoms with Crippen LogP contribution in [0.5, 0.6) is 0 Å². The summed E-state index contributed by atoms with van der Waals surface area (Å²) in [4.78, 5) is 13.2. The second kappa shape index (κ2) is 7.41. The van der Waals surface area contributed by atoms with Gasteiger partial charge in [0.2, 0.25) is 5.91 Å². The molecule has 1 amide bonds. The highest BCUT2D eigenvalue weighted by Crippen LogP contribution is 2.30. The largest absolute Gasteiger partial charge is 0.410 e. The van der Waals surface area contributed by atoms with Crippen molar-refractivity contribution in [2.75, 3.05) is 11.1 Å². The van der Waals surface area contributed by atoms with E-state index in [1.54, 1.807) is 0 Å². The molecule has 2 heterocycles. The third-order valence-electron chi connectivity index (χ3n) is 3.47. The SMILES string of the molecule is CC(C)(C)c1ccccc1NC(=O)CSc1nnc(-c2cccs2)o1. The maximum absolute atomic E-state index is 12.3. The third-order valence-corrected chi connectivity index (χ3v) is 5.15. The van der Waals surface area contributed by atoms with Crippen molar-refractivity contribution < 1.29 is 9.21 Å². The summed E-state index contributed by atoms with van der Waals surface area (Å²) in [7, 11) is 0. The van der Waals surface area contributed by atoms with E-state index in [4.69, 9.17) is 4.42 Å². The van der Waals surface area contributed by atoms with Crippen molar-refractivity contribution in [3.8, 4) is 10.8 Å². The number of anilines is 1. The molecule has 5 nitrogen and oxygen atoms in total. The van der Waals surface area contributed by atoms with E-state index < -0.39 is 0 Å². The van der Waals surface area contributed by atoms with E-state index in [1.165, 1.54) is 23.1 Å². The first-order valence-electron chi connectivity index (χ1n) is 7.83. The Labute approximate surface area is 154 Å². The van der Waals surface area contributed by atoms with Gasteiger partial charge in [-0.3, -0.25) is 4.79 Å². The molecular formula is C18H19N3O2S2. The molecule has 3 rings (SSSR count). The molecule has 1 aromatic carbocycles. The monoisotopic (exact) mass is 373 g/mol. The fourth-order valence-electron chi connectivity index (χ4n) is 2.33. The van der Waals surface area contributed by atoms with Crippen LogP contribution in [0.2, 0.25) is 0 Å². The maximum Gasteiger partial charge on any atom is 0.277 e. The molecule has 0 fully saturated rings. The Balaban J connectivity index is 1.61. The fraction of sp³-hybridized carbons (Fsp3) is 0.278. The standard InChI is InChI=1S/C18H19N3O2S2/c1-18(2,3)12-7-4-5-8-13(12)19-15(22)11-25-17-21-20-16(23-17)14-9-6-10-24-14/h4-10H,11H2,1-3H3,(H,19,22). The van der Waals surface area contributed by atoms with Gasteiger partial charge in [0.1, 0.15) is 0 Å². The lowest BCUT2D eigenvalue weighted by atomic mass is 9.86. The number of nitrogens with one attached hydrogen (secondary N) is 1. The number of carbonyl (C=O) groups excluding carboxylic acids is 1. The van der Waals surface area contributed by atoms with Gasteiger partial charge in [0.15, 0.2) is 0 Å². The van der Waals surface area contributed by atoms with Crippen LogP contribution >= 0.6 is 23.1 Å². The van der Waals surface area contributed by atoms with Crippen LogP contribution in [-0.2, 0) is 10.2 Å². The summed E-state index contributed by atoms with van der Waals surface area (Å²) in [6.07, 6.45) is 0. The minimum absolute atomic E-state index is 0.0425. The number of hydrogen-bond acceptors (Lipinski definition) is 6. The van der Waals surface area contributed by atoms with Crippen LogP contribution in [-0.4, -0.2) is 21.9 Å². The molecule has 0 spiro atoms. The van der Waals surface area contributed by atoms with Crippen LogP contribution < -0.4 is 5.32 Å². The Morgan fingerprint density at radius 2 is 2.00 bits per heavy atom. The zero-order valence-corrected chi connectivity index (χ0v) is 15.9. The van der Waals surface area contributed by atoms with Gasteiger partial charge in [-0.15, -0.1) is 21.5 Å². The molecule has 0 bridgehead atoms. The van der Waals surface area contributed by atoms with Crippen LogP contribution in [0.15, 0.2) is 51.4 Å². The van der Waals surface area contributed by atoms with Gasteiger partial charge in [0.25, 0.3) is 11.1 Å². The second-order valence-corrected chi connectivity index (χ2v) is 8.36. The first-order valence-corrected chi connectivity index (χ1v) is 9.69. The molecule has 1 N–H and O–H groups in total. The summed E-state index contributed by atoms with van der Waals surface area (Å²) in [5, 5.41) is 13.3. The number of benzene rings is 1. The molecule has 0 aliphatic rings. The Hall–Kier alpha value is -2.12. The van der Waals surface area contributed by atoms with Crippen molar-refractivity contribution in [3.05, 3.63) is 47.3 Å². The number of para-hydroxylation sites is 1. The Bertz CT molecular complexity index is 851. The average molecular weight is 374 g/mol. The Kier molecular flexibility index (Phi) is 5.24. The number of thiophene rings is 1. The van der Waals surface area contributed by atoms with Crippen molar-refractivity contribution in [3.63, 3.8) is 0 Å². The molecular weight excluding hydrogens is 354 g/mol. The summed E-state index contributed by atoms with van der Waals surface area (Å²) >= 11 is 2.77. The van der Waals surface area contributed by atoms with Crippen LogP contribution in [0.3, 0.4) is 0 Å². The molecule has 0 atom stereocenters. The van der Waals surface area contributed by atoms with Gasteiger partial charge in [-0.25, -0.2) is 0 Å². The van der Waals surface area contributed by atoms with Gasteiger partial charge in [-0.05, 0) is 28.5 Å². The molecule has 2 aromatic heterocycles. The number of carbonyl (C=O) groups is 1. The van der Waals surface area contributed by atoms with Crippen LogP contribution in [0.25, 0.3) is 10.8 Å². The zero-order chi connectivity index (χ0) is 17.9. The lowest BCUT2D eigenvalue weighted by molar-refractivity contribution is -0.113. The highest BCUT2D eigenvalue weighted by atomic mass is 32.2.